The second-order valence-corrected chi connectivity index (χ2v) is 5.11. The lowest BCUT2D eigenvalue weighted by molar-refractivity contribution is 0.0913. The monoisotopic (exact) mass is 295 g/mol. The van der Waals surface area contributed by atoms with Crippen LogP contribution in [0.2, 0.25) is 0 Å². The number of nitrogens with one attached hydrogen (secondary N) is 1. The smallest absolute Gasteiger partial charge is 0.252 e. The molecule has 4 nitrogen and oxygen atoms in total. The van der Waals surface area contributed by atoms with Crippen LogP contribution in [0.1, 0.15) is 41.4 Å². The van der Waals surface area contributed by atoms with Gasteiger partial charge in [-0.1, -0.05) is 25.2 Å². The Bertz CT molecular complexity index is 459. The van der Waals surface area contributed by atoms with Crippen LogP contribution in [0.15, 0.2) is 11.4 Å². The topological polar surface area (TPSA) is 58.6 Å². The first kappa shape index (κ1) is 16.7. The number of carbonyl (C=O) groups is 1. The summed E-state index contributed by atoms with van der Waals surface area (Å²) in [7, 11) is 0. The van der Waals surface area contributed by atoms with E-state index in [0.717, 1.165) is 24.3 Å². The summed E-state index contributed by atoms with van der Waals surface area (Å²) in [5, 5.41) is 13.2. The zero-order valence-corrected chi connectivity index (χ0v) is 12.6. The van der Waals surface area contributed by atoms with Crippen LogP contribution < -0.4 is 5.32 Å². The van der Waals surface area contributed by atoms with E-state index in [9.17, 15) is 4.79 Å². The van der Waals surface area contributed by atoms with E-state index in [2.05, 4.69) is 24.1 Å². The molecule has 2 N–H and O–H groups in total. The third kappa shape index (κ3) is 6.71. The van der Waals surface area contributed by atoms with Gasteiger partial charge in [-0.05, 0) is 12.5 Å². The highest BCUT2D eigenvalue weighted by Crippen LogP contribution is 2.13. The molecule has 5 heteroatoms. The van der Waals surface area contributed by atoms with E-state index in [-0.39, 0.29) is 12.5 Å². The fourth-order valence-corrected chi connectivity index (χ4v) is 2.17. The molecule has 0 aliphatic rings. The number of hydrogen-bond acceptors (Lipinski definition) is 4. The number of unbranched alkanes of at least 4 members (excludes halogenated alkanes) is 1. The van der Waals surface area contributed by atoms with E-state index in [1.807, 2.05) is 0 Å². The maximum atomic E-state index is 11.8. The summed E-state index contributed by atoms with van der Waals surface area (Å²) in [4.78, 5) is 12.7. The Morgan fingerprint density at radius 1 is 1.50 bits per heavy atom. The normalized spacial score (nSPS) is 9.90. The van der Waals surface area contributed by atoms with Crippen LogP contribution >= 0.6 is 11.3 Å². The van der Waals surface area contributed by atoms with Gasteiger partial charge in [-0.2, -0.15) is 0 Å². The average Bonchev–Trinajstić information content (AvgIpc) is 2.92. The summed E-state index contributed by atoms with van der Waals surface area (Å²) in [5.41, 5.74) is 0.622. The molecule has 1 heterocycles. The number of carbonyl (C=O) groups excluding carboxylic acids is 1. The highest BCUT2D eigenvalue weighted by Gasteiger charge is 2.06. The second-order valence-electron chi connectivity index (χ2n) is 4.20. The maximum Gasteiger partial charge on any atom is 0.252 e. The standard InChI is InChI=1S/C15H21NO3S/c1-2-3-9-19-10-7-16-15(18)13-11-14(20-12-13)6-4-5-8-17/h11-12,17H,2-3,5,7-10H2,1H3,(H,16,18). The van der Waals surface area contributed by atoms with Crippen LogP contribution in [-0.4, -0.2) is 37.4 Å². The molecule has 110 valence electrons. The maximum absolute atomic E-state index is 11.8. The average molecular weight is 295 g/mol. The number of ether oxygens (including phenoxy) is 1. The van der Waals surface area contributed by atoms with Gasteiger partial charge in [-0.25, -0.2) is 0 Å². The first-order valence-electron chi connectivity index (χ1n) is 6.82. The van der Waals surface area contributed by atoms with Crippen LogP contribution in [0.3, 0.4) is 0 Å². The molecule has 0 aliphatic heterocycles. The van der Waals surface area contributed by atoms with E-state index < -0.39 is 0 Å². The fraction of sp³-hybridized carbons (Fsp3) is 0.533. The molecule has 1 aromatic heterocycles. The summed E-state index contributed by atoms with van der Waals surface area (Å²) in [6.45, 7) is 3.98. The molecule has 0 bridgehead atoms. The minimum atomic E-state index is -0.101. The number of amides is 1. The lowest BCUT2D eigenvalue weighted by atomic mass is 10.3. The van der Waals surface area contributed by atoms with Gasteiger partial charge in [0.25, 0.3) is 5.91 Å². The number of thiophene rings is 1. The van der Waals surface area contributed by atoms with E-state index >= 15 is 0 Å². The fourth-order valence-electron chi connectivity index (χ4n) is 1.41. The molecule has 0 unspecified atom stereocenters. The number of hydrogen-bond donors (Lipinski definition) is 2. The Balaban J connectivity index is 2.28. The van der Waals surface area contributed by atoms with Gasteiger partial charge in [-0.15, -0.1) is 11.3 Å². The van der Waals surface area contributed by atoms with Gasteiger partial charge in [0.2, 0.25) is 0 Å². The summed E-state index contributed by atoms with van der Waals surface area (Å²) in [6, 6.07) is 1.77. The van der Waals surface area contributed by atoms with Crippen molar-refractivity contribution in [1.29, 1.82) is 0 Å². The van der Waals surface area contributed by atoms with Gasteiger partial charge in [0.05, 0.1) is 23.7 Å². The molecule has 0 fully saturated rings. The van der Waals surface area contributed by atoms with Gasteiger partial charge >= 0.3 is 0 Å². The molecule has 0 aromatic carbocycles. The summed E-state index contributed by atoms with van der Waals surface area (Å²) in [5.74, 6) is 5.65. The molecule has 0 atom stereocenters. The van der Waals surface area contributed by atoms with Crippen molar-refractivity contribution in [2.24, 2.45) is 0 Å². The van der Waals surface area contributed by atoms with Crippen LogP contribution in [0, 0.1) is 11.8 Å². The van der Waals surface area contributed by atoms with Gasteiger partial charge in [0.1, 0.15) is 0 Å². The van der Waals surface area contributed by atoms with Crippen molar-refractivity contribution in [1.82, 2.24) is 5.32 Å². The summed E-state index contributed by atoms with van der Waals surface area (Å²) >= 11 is 1.43. The van der Waals surface area contributed by atoms with Crippen molar-refractivity contribution in [3.63, 3.8) is 0 Å². The number of rotatable bonds is 8. The van der Waals surface area contributed by atoms with E-state index in [1.165, 1.54) is 11.3 Å². The third-order valence-electron chi connectivity index (χ3n) is 2.48. The molecule has 1 rings (SSSR count). The van der Waals surface area contributed by atoms with E-state index in [4.69, 9.17) is 9.84 Å². The zero-order valence-electron chi connectivity index (χ0n) is 11.8. The Morgan fingerprint density at radius 2 is 2.35 bits per heavy atom. The summed E-state index contributed by atoms with van der Waals surface area (Å²) in [6.07, 6.45) is 2.62. The summed E-state index contributed by atoms with van der Waals surface area (Å²) < 4.78 is 5.37. The first-order valence-corrected chi connectivity index (χ1v) is 7.70. The highest BCUT2D eigenvalue weighted by atomic mass is 32.1. The Kier molecular flexibility index (Phi) is 8.72. The number of aliphatic hydroxyl groups is 1. The van der Waals surface area contributed by atoms with Crippen LogP contribution in [0.4, 0.5) is 0 Å². The van der Waals surface area contributed by atoms with Crippen molar-refractivity contribution in [3.05, 3.63) is 21.9 Å². The second kappa shape index (κ2) is 10.4. The molecule has 1 amide bonds. The van der Waals surface area contributed by atoms with Gasteiger partial charge < -0.3 is 15.2 Å². The van der Waals surface area contributed by atoms with E-state index in [1.54, 1.807) is 11.4 Å². The van der Waals surface area contributed by atoms with Crippen LogP contribution in [-0.2, 0) is 4.74 Å². The molecule has 0 aliphatic carbocycles. The SMILES string of the molecule is CCCCOCCNC(=O)c1csc(C#CCCO)c1. The number of aliphatic hydroxyl groups excluding tert-OH is 1. The highest BCUT2D eigenvalue weighted by molar-refractivity contribution is 7.10. The molecule has 0 radical (unpaired) electrons. The zero-order chi connectivity index (χ0) is 14.6. The Labute approximate surface area is 124 Å². The molecule has 1 aromatic rings. The Hall–Kier alpha value is -1.35. The lowest BCUT2D eigenvalue weighted by Gasteiger charge is -2.04. The molecule has 0 saturated carbocycles. The van der Waals surface area contributed by atoms with E-state index in [0.29, 0.717) is 25.1 Å². The predicted molar refractivity (Wildman–Crippen MR) is 81.0 cm³/mol. The Morgan fingerprint density at radius 3 is 3.10 bits per heavy atom. The first-order chi connectivity index (χ1) is 9.77. The molecule has 0 spiro atoms. The largest absolute Gasteiger partial charge is 0.395 e. The van der Waals surface area contributed by atoms with Gasteiger partial charge in [0.15, 0.2) is 0 Å². The van der Waals surface area contributed by atoms with Gasteiger partial charge in [-0.3, -0.25) is 4.79 Å². The molecular weight excluding hydrogens is 274 g/mol. The van der Waals surface area contributed by atoms with Crippen molar-refractivity contribution in [2.45, 2.75) is 26.2 Å². The molecule has 0 saturated heterocycles. The quantitative estimate of drug-likeness (QED) is 0.570. The minimum absolute atomic E-state index is 0.0593. The minimum Gasteiger partial charge on any atom is -0.395 e. The van der Waals surface area contributed by atoms with Gasteiger partial charge in [0, 0.05) is 25.0 Å². The van der Waals surface area contributed by atoms with Crippen LogP contribution in [0.5, 0.6) is 0 Å². The van der Waals surface area contributed by atoms with Crippen LogP contribution in [0.25, 0.3) is 0 Å². The van der Waals surface area contributed by atoms with Crippen molar-refractivity contribution >= 4 is 17.2 Å². The lowest BCUT2D eigenvalue weighted by Crippen LogP contribution is -2.26. The molecular formula is C15H21NO3S. The molecule has 20 heavy (non-hydrogen) atoms. The predicted octanol–water partition coefficient (Wildman–Crippen LogP) is 2.03. The third-order valence-corrected chi connectivity index (χ3v) is 3.33. The van der Waals surface area contributed by atoms with Crippen molar-refractivity contribution < 1.29 is 14.6 Å². The van der Waals surface area contributed by atoms with Crippen molar-refractivity contribution in [2.75, 3.05) is 26.4 Å². The van der Waals surface area contributed by atoms with Crippen molar-refractivity contribution in [3.8, 4) is 11.8 Å².